The van der Waals surface area contributed by atoms with E-state index in [0.29, 0.717) is 13.2 Å². The van der Waals surface area contributed by atoms with Crippen molar-refractivity contribution in [3.63, 3.8) is 0 Å². The van der Waals surface area contributed by atoms with E-state index in [-0.39, 0.29) is 11.8 Å². The van der Waals surface area contributed by atoms with Crippen molar-refractivity contribution in [2.75, 3.05) is 20.2 Å². The number of amides is 2. The van der Waals surface area contributed by atoms with Gasteiger partial charge in [-0.05, 0) is 43.2 Å². The van der Waals surface area contributed by atoms with Gasteiger partial charge in [-0.15, -0.1) is 0 Å². The fourth-order valence-corrected chi connectivity index (χ4v) is 2.51. The standard InChI is InChI=1S/C22H26N2O3/c1-17-8-7-11-20(16-17)27-15-14-24(3)22(26)18(2)23-21(25)13-12-19-9-5-4-6-10-19/h4-13,16,18H,14-15H2,1-3H3,(H,23,25)/b13-12+. The summed E-state index contributed by atoms with van der Waals surface area (Å²) in [6.07, 6.45) is 3.14. The van der Waals surface area contributed by atoms with Gasteiger partial charge in [0.05, 0.1) is 6.54 Å². The number of hydrogen-bond donors (Lipinski definition) is 1. The molecule has 0 saturated heterocycles. The van der Waals surface area contributed by atoms with Gasteiger partial charge < -0.3 is 15.0 Å². The Morgan fingerprint density at radius 3 is 2.59 bits per heavy atom. The minimum atomic E-state index is -0.609. The predicted molar refractivity (Wildman–Crippen MR) is 107 cm³/mol. The quantitative estimate of drug-likeness (QED) is 0.731. The number of nitrogens with zero attached hydrogens (tertiary/aromatic N) is 1. The third-order valence-electron chi connectivity index (χ3n) is 4.02. The van der Waals surface area contributed by atoms with Crippen LogP contribution in [0.25, 0.3) is 6.08 Å². The maximum absolute atomic E-state index is 12.4. The Balaban J connectivity index is 1.76. The second-order valence-corrected chi connectivity index (χ2v) is 6.40. The molecule has 0 aliphatic carbocycles. The molecule has 0 saturated carbocycles. The zero-order chi connectivity index (χ0) is 19.6. The number of nitrogens with one attached hydrogen (secondary N) is 1. The summed E-state index contributed by atoms with van der Waals surface area (Å²) in [5.74, 6) is 0.316. The number of ether oxygens (including phenoxy) is 1. The normalized spacial score (nSPS) is 11.8. The van der Waals surface area contributed by atoms with Crippen LogP contribution in [0.2, 0.25) is 0 Å². The number of aryl methyl sites for hydroxylation is 1. The molecule has 2 aromatic rings. The highest BCUT2D eigenvalue weighted by Crippen LogP contribution is 2.12. The molecule has 0 radical (unpaired) electrons. The van der Waals surface area contributed by atoms with Crippen LogP contribution < -0.4 is 10.1 Å². The van der Waals surface area contributed by atoms with Crippen LogP contribution >= 0.6 is 0 Å². The van der Waals surface area contributed by atoms with Gasteiger partial charge in [0.1, 0.15) is 18.4 Å². The molecule has 0 spiro atoms. The maximum Gasteiger partial charge on any atom is 0.244 e. The number of hydrogen-bond acceptors (Lipinski definition) is 3. The van der Waals surface area contributed by atoms with E-state index >= 15 is 0 Å². The molecule has 2 aromatic carbocycles. The molecular weight excluding hydrogens is 340 g/mol. The van der Waals surface area contributed by atoms with Crippen molar-refractivity contribution >= 4 is 17.9 Å². The number of benzene rings is 2. The highest BCUT2D eigenvalue weighted by Gasteiger charge is 2.18. The Morgan fingerprint density at radius 2 is 1.89 bits per heavy atom. The molecule has 0 bridgehead atoms. The van der Waals surface area contributed by atoms with Crippen molar-refractivity contribution in [3.8, 4) is 5.75 Å². The lowest BCUT2D eigenvalue weighted by atomic mass is 10.2. The molecule has 0 aromatic heterocycles. The monoisotopic (exact) mass is 366 g/mol. The highest BCUT2D eigenvalue weighted by molar-refractivity contribution is 5.95. The van der Waals surface area contributed by atoms with Crippen LogP contribution in [-0.4, -0.2) is 43.0 Å². The smallest absolute Gasteiger partial charge is 0.244 e. The molecular formula is C22H26N2O3. The van der Waals surface area contributed by atoms with E-state index in [4.69, 9.17) is 4.74 Å². The van der Waals surface area contributed by atoms with Crippen molar-refractivity contribution in [2.45, 2.75) is 19.9 Å². The molecule has 0 heterocycles. The van der Waals surface area contributed by atoms with Crippen LogP contribution in [0, 0.1) is 6.92 Å². The van der Waals surface area contributed by atoms with E-state index in [1.54, 1.807) is 24.9 Å². The van der Waals surface area contributed by atoms with E-state index < -0.39 is 6.04 Å². The van der Waals surface area contributed by atoms with Crippen molar-refractivity contribution in [1.29, 1.82) is 0 Å². The summed E-state index contributed by atoms with van der Waals surface area (Å²) in [7, 11) is 1.70. The number of likely N-dealkylation sites (N-methyl/N-ethyl adjacent to an activating group) is 1. The summed E-state index contributed by atoms with van der Waals surface area (Å²) in [6, 6.07) is 16.7. The summed E-state index contributed by atoms with van der Waals surface area (Å²) in [6.45, 7) is 4.50. The lowest BCUT2D eigenvalue weighted by Crippen LogP contribution is -2.46. The molecule has 1 unspecified atom stereocenters. The van der Waals surface area contributed by atoms with Crippen LogP contribution in [0.4, 0.5) is 0 Å². The Hall–Kier alpha value is -3.08. The molecule has 0 fully saturated rings. The van der Waals surface area contributed by atoms with Gasteiger partial charge in [0.25, 0.3) is 0 Å². The molecule has 142 valence electrons. The highest BCUT2D eigenvalue weighted by atomic mass is 16.5. The zero-order valence-corrected chi connectivity index (χ0v) is 16.0. The SMILES string of the molecule is Cc1cccc(OCCN(C)C(=O)C(C)NC(=O)/C=C/c2ccccc2)c1. The topological polar surface area (TPSA) is 58.6 Å². The van der Waals surface area contributed by atoms with Gasteiger partial charge in [-0.1, -0.05) is 42.5 Å². The van der Waals surface area contributed by atoms with Crippen molar-refractivity contribution in [1.82, 2.24) is 10.2 Å². The minimum absolute atomic E-state index is 0.163. The van der Waals surface area contributed by atoms with Gasteiger partial charge >= 0.3 is 0 Å². The first kappa shape index (κ1) is 20.2. The molecule has 2 amide bonds. The van der Waals surface area contributed by atoms with E-state index in [1.165, 1.54) is 6.08 Å². The molecule has 1 atom stereocenters. The predicted octanol–water partition coefficient (Wildman–Crippen LogP) is 3.05. The molecule has 2 rings (SSSR count). The van der Waals surface area contributed by atoms with Gasteiger partial charge in [-0.2, -0.15) is 0 Å². The van der Waals surface area contributed by atoms with Crippen molar-refractivity contribution < 1.29 is 14.3 Å². The lowest BCUT2D eigenvalue weighted by molar-refractivity contribution is -0.134. The van der Waals surface area contributed by atoms with Crippen LogP contribution in [-0.2, 0) is 9.59 Å². The van der Waals surface area contributed by atoms with Crippen LogP contribution in [0.1, 0.15) is 18.1 Å². The first-order valence-corrected chi connectivity index (χ1v) is 8.94. The Labute approximate surface area is 160 Å². The van der Waals surface area contributed by atoms with E-state index in [1.807, 2.05) is 61.5 Å². The van der Waals surface area contributed by atoms with Crippen LogP contribution in [0.3, 0.4) is 0 Å². The number of carbonyl (C=O) groups excluding carboxylic acids is 2. The molecule has 5 nitrogen and oxygen atoms in total. The van der Waals surface area contributed by atoms with Gasteiger partial charge in [0.2, 0.25) is 11.8 Å². The molecule has 0 aliphatic heterocycles. The summed E-state index contributed by atoms with van der Waals surface area (Å²) >= 11 is 0. The first-order valence-electron chi connectivity index (χ1n) is 8.94. The van der Waals surface area contributed by atoms with Crippen molar-refractivity contribution in [3.05, 3.63) is 71.8 Å². The van der Waals surface area contributed by atoms with Gasteiger partial charge in [-0.25, -0.2) is 0 Å². The van der Waals surface area contributed by atoms with E-state index in [2.05, 4.69) is 5.32 Å². The summed E-state index contributed by atoms with van der Waals surface area (Å²) in [4.78, 5) is 25.9. The van der Waals surface area contributed by atoms with E-state index in [0.717, 1.165) is 16.9 Å². The summed E-state index contributed by atoms with van der Waals surface area (Å²) in [5.41, 5.74) is 2.05. The number of rotatable bonds is 8. The zero-order valence-electron chi connectivity index (χ0n) is 16.0. The third-order valence-corrected chi connectivity index (χ3v) is 4.02. The van der Waals surface area contributed by atoms with Gasteiger partial charge in [0, 0.05) is 13.1 Å². The number of carbonyl (C=O) groups is 2. The Kier molecular flexibility index (Phi) is 7.62. The fraction of sp³-hybridized carbons (Fsp3) is 0.273. The average molecular weight is 366 g/mol. The molecule has 1 N–H and O–H groups in total. The molecule has 27 heavy (non-hydrogen) atoms. The van der Waals surface area contributed by atoms with Gasteiger partial charge in [-0.3, -0.25) is 9.59 Å². The molecule has 5 heteroatoms. The average Bonchev–Trinajstić information content (AvgIpc) is 2.66. The summed E-state index contributed by atoms with van der Waals surface area (Å²) < 4.78 is 5.66. The van der Waals surface area contributed by atoms with Crippen LogP contribution in [0.15, 0.2) is 60.7 Å². The maximum atomic E-state index is 12.4. The largest absolute Gasteiger partial charge is 0.492 e. The van der Waals surface area contributed by atoms with Gasteiger partial charge in [0.15, 0.2) is 0 Å². The lowest BCUT2D eigenvalue weighted by Gasteiger charge is -2.22. The van der Waals surface area contributed by atoms with E-state index in [9.17, 15) is 9.59 Å². The van der Waals surface area contributed by atoms with Crippen LogP contribution in [0.5, 0.6) is 5.75 Å². The second kappa shape index (κ2) is 10.2. The van der Waals surface area contributed by atoms with Crippen molar-refractivity contribution in [2.24, 2.45) is 0 Å². The minimum Gasteiger partial charge on any atom is -0.492 e. The first-order chi connectivity index (χ1) is 13.0. The third kappa shape index (κ3) is 6.98. The Bertz CT molecular complexity index is 787. The Morgan fingerprint density at radius 1 is 1.15 bits per heavy atom. The molecule has 0 aliphatic rings. The summed E-state index contributed by atoms with van der Waals surface area (Å²) in [5, 5.41) is 2.69. The second-order valence-electron chi connectivity index (χ2n) is 6.40. The fourth-order valence-electron chi connectivity index (χ4n) is 2.51.